The van der Waals surface area contributed by atoms with Crippen LogP contribution in [0.25, 0.3) is 0 Å². The molecule has 2 rings (SSSR count). The molecule has 0 unspecified atom stereocenters. The molecule has 1 aromatic rings. The van der Waals surface area contributed by atoms with Gasteiger partial charge in [0.25, 0.3) is 0 Å². The first kappa shape index (κ1) is 12.4. The minimum atomic E-state index is -0.781. The number of carbonyl (C=O) groups excluding carboxylic acids is 1. The molecule has 1 fully saturated rings. The standard InChI is InChI=1S/C11H11BrF2N2O/c12-8-2-7(13)3-9(14)11(8)16-10(17)1-6-4-15-5-6/h2-3,6,15H,1,4-5H2,(H,16,17). The monoisotopic (exact) mass is 304 g/mol. The van der Waals surface area contributed by atoms with E-state index in [1.165, 1.54) is 0 Å². The Kier molecular flexibility index (Phi) is 3.73. The molecule has 17 heavy (non-hydrogen) atoms. The zero-order valence-electron chi connectivity index (χ0n) is 8.90. The number of hydrogen-bond donors (Lipinski definition) is 2. The molecule has 0 saturated carbocycles. The fourth-order valence-electron chi connectivity index (χ4n) is 1.61. The van der Waals surface area contributed by atoms with Crippen molar-refractivity contribution in [3.05, 3.63) is 28.2 Å². The largest absolute Gasteiger partial charge is 0.323 e. The minimum absolute atomic E-state index is 0.0105. The van der Waals surface area contributed by atoms with Crippen molar-refractivity contribution in [1.29, 1.82) is 0 Å². The summed E-state index contributed by atoms with van der Waals surface area (Å²) in [6.07, 6.45) is 0.344. The van der Waals surface area contributed by atoms with Gasteiger partial charge in [0.2, 0.25) is 5.91 Å². The Bertz CT molecular complexity index is 426. The zero-order chi connectivity index (χ0) is 12.4. The van der Waals surface area contributed by atoms with Crippen molar-refractivity contribution in [3.8, 4) is 0 Å². The average molecular weight is 305 g/mol. The molecule has 1 aliphatic heterocycles. The van der Waals surface area contributed by atoms with Crippen LogP contribution < -0.4 is 10.6 Å². The molecular formula is C11H11BrF2N2O. The Balaban J connectivity index is 2.04. The molecule has 0 aromatic heterocycles. The second kappa shape index (κ2) is 5.10. The number of nitrogens with one attached hydrogen (secondary N) is 2. The van der Waals surface area contributed by atoms with Crippen molar-refractivity contribution in [2.75, 3.05) is 18.4 Å². The molecular weight excluding hydrogens is 294 g/mol. The third-order valence-corrected chi connectivity index (χ3v) is 3.24. The fraction of sp³-hybridized carbons (Fsp3) is 0.364. The van der Waals surface area contributed by atoms with Gasteiger partial charge in [-0.2, -0.15) is 0 Å². The van der Waals surface area contributed by atoms with Crippen LogP contribution in [-0.2, 0) is 4.79 Å². The van der Waals surface area contributed by atoms with Crippen molar-refractivity contribution in [1.82, 2.24) is 5.32 Å². The van der Waals surface area contributed by atoms with E-state index in [4.69, 9.17) is 0 Å². The minimum Gasteiger partial charge on any atom is -0.323 e. The number of rotatable bonds is 3. The maximum atomic E-state index is 13.4. The highest BCUT2D eigenvalue weighted by molar-refractivity contribution is 9.10. The van der Waals surface area contributed by atoms with E-state index >= 15 is 0 Å². The number of benzene rings is 1. The summed E-state index contributed by atoms with van der Waals surface area (Å²) in [5, 5.41) is 5.50. The summed E-state index contributed by atoms with van der Waals surface area (Å²) in [5.41, 5.74) is -0.0105. The molecule has 0 aliphatic carbocycles. The summed E-state index contributed by atoms with van der Waals surface area (Å²) in [7, 11) is 0. The van der Waals surface area contributed by atoms with Crippen LogP contribution in [0, 0.1) is 17.6 Å². The van der Waals surface area contributed by atoms with Crippen molar-refractivity contribution >= 4 is 27.5 Å². The topological polar surface area (TPSA) is 41.1 Å². The van der Waals surface area contributed by atoms with Gasteiger partial charge in [0, 0.05) is 17.0 Å². The van der Waals surface area contributed by atoms with Crippen LogP contribution >= 0.6 is 15.9 Å². The van der Waals surface area contributed by atoms with Gasteiger partial charge in [-0.25, -0.2) is 8.78 Å². The Morgan fingerprint density at radius 3 is 2.71 bits per heavy atom. The maximum Gasteiger partial charge on any atom is 0.224 e. The molecule has 1 aromatic carbocycles. The predicted octanol–water partition coefficient (Wildman–Crippen LogP) is 2.28. The Morgan fingerprint density at radius 1 is 1.47 bits per heavy atom. The summed E-state index contributed by atoms with van der Waals surface area (Å²) < 4.78 is 26.4. The Hall–Kier alpha value is -1.01. The number of anilines is 1. The van der Waals surface area contributed by atoms with Crippen molar-refractivity contribution < 1.29 is 13.6 Å². The first-order valence-electron chi connectivity index (χ1n) is 5.21. The lowest BCUT2D eigenvalue weighted by Gasteiger charge is -2.26. The predicted molar refractivity (Wildman–Crippen MR) is 63.7 cm³/mol. The van der Waals surface area contributed by atoms with Crippen LogP contribution in [0.15, 0.2) is 16.6 Å². The lowest BCUT2D eigenvalue weighted by atomic mass is 9.99. The molecule has 1 saturated heterocycles. The van der Waals surface area contributed by atoms with E-state index in [-0.39, 0.29) is 16.1 Å². The molecule has 3 nitrogen and oxygen atoms in total. The quantitative estimate of drug-likeness (QED) is 0.899. The molecule has 0 radical (unpaired) electrons. The van der Waals surface area contributed by atoms with E-state index in [1.54, 1.807) is 0 Å². The fourth-order valence-corrected chi connectivity index (χ4v) is 2.11. The molecule has 0 spiro atoms. The van der Waals surface area contributed by atoms with Crippen molar-refractivity contribution in [2.45, 2.75) is 6.42 Å². The van der Waals surface area contributed by atoms with E-state index in [9.17, 15) is 13.6 Å². The molecule has 92 valence electrons. The summed E-state index contributed by atoms with van der Waals surface area (Å²) in [6, 6.07) is 1.86. The maximum absolute atomic E-state index is 13.4. The van der Waals surface area contributed by atoms with Crippen LogP contribution in [0.5, 0.6) is 0 Å². The number of hydrogen-bond acceptors (Lipinski definition) is 2. The van der Waals surface area contributed by atoms with Gasteiger partial charge in [0.15, 0.2) is 5.82 Å². The molecule has 0 atom stereocenters. The molecule has 0 bridgehead atoms. The van der Waals surface area contributed by atoms with Gasteiger partial charge in [0.1, 0.15) is 5.82 Å². The number of carbonyl (C=O) groups is 1. The molecule has 2 N–H and O–H groups in total. The Morgan fingerprint density at radius 2 is 2.18 bits per heavy atom. The highest BCUT2D eigenvalue weighted by Crippen LogP contribution is 2.27. The van der Waals surface area contributed by atoms with Gasteiger partial charge in [0.05, 0.1) is 5.69 Å². The van der Waals surface area contributed by atoms with Gasteiger partial charge in [-0.1, -0.05) is 0 Å². The van der Waals surface area contributed by atoms with E-state index < -0.39 is 11.6 Å². The summed E-state index contributed by atoms with van der Waals surface area (Å²) in [4.78, 5) is 11.6. The Labute approximate surface area is 106 Å². The van der Waals surface area contributed by atoms with Crippen LogP contribution in [0.3, 0.4) is 0 Å². The van der Waals surface area contributed by atoms with Gasteiger partial charge in [-0.15, -0.1) is 0 Å². The highest BCUT2D eigenvalue weighted by Gasteiger charge is 2.21. The summed E-state index contributed by atoms with van der Waals surface area (Å²) in [6.45, 7) is 1.61. The van der Waals surface area contributed by atoms with E-state index in [0.717, 1.165) is 25.2 Å². The van der Waals surface area contributed by atoms with Gasteiger partial charge < -0.3 is 10.6 Å². The molecule has 1 amide bonds. The third kappa shape index (κ3) is 3.01. The number of amides is 1. The van der Waals surface area contributed by atoms with Crippen LogP contribution in [-0.4, -0.2) is 19.0 Å². The van der Waals surface area contributed by atoms with E-state index in [2.05, 4.69) is 26.6 Å². The number of halogens is 3. The lowest BCUT2D eigenvalue weighted by molar-refractivity contribution is -0.117. The van der Waals surface area contributed by atoms with Crippen LogP contribution in [0.4, 0.5) is 14.5 Å². The van der Waals surface area contributed by atoms with Crippen molar-refractivity contribution in [2.24, 2.45) is 5.92 Å². The van der Waals surface area contributed by atoms with Crippen LogP contribution in [0.1, 0.15) is 6.42 Å². The van der Waals surface area contributed by atoms with E-state index in [0.29, 0.717) is 12.3 Å². The van der Waals surface area contributed by atoms with Crippen molar-refractivity contribution in [3.63, 3.8) is 0 Å². The second-order valence-corrected chi connectivity index (χ2v) is 4.88. The highest BCUT2D eigenvalue weighted by atomic mass is 79.9. The first-order valence-corrected chi connectivity index (χ1v) is 6.00. The van der Waals surface area contributed by atoms with Gasteiger partial charge in [-0.05, 0) is 41.0 Å². The summed E-state index contributed by atoms with van der Waals surface area (Å²) >= 11 is 3.02. The van der Waals surface area contributed by atoms with E-state index in [1.807, 2.05) is 0 Å². The van der Waals surface area contributed by atoms with Gasteiger partial charge >= 0.3 is 0 Å². The second-order valence-electron chi connectivity index (χ2n) is 4.02. The van der Waals surface area contributed by atoms with Gasteiger partial charge in [-0.3, -0.25) is 4.79 Å². The SMILES string of the molecule is O=C(CC1CNC1)Nc1c(F)cc(F)cc1Br. The zero-order valence-corrected chi connectivity index (χ0v) is 10.5. The molecule has 1 aliphatic rings. The van der Waals surface area contributed by atoms with Crippen LogP contribution in [0.2, 0.25) is 0 Å². The molecule has 6 heteroatoms. The summed E-state index contributed by atoms with van der Waals surface area (Å²) in [5.74, 6) is -1.42. The third-order valence-electron chi connectivity index (χ3n) is 2.61. The molecule has 1 heterocycles. The average Bonchev–Trinajstić information content (AvgIpc) is 2.17. The first-order chi connectivity index (χ1) is 8.06. The normalized spacial score (nSPS) is 15.5. The lowest BCUT2D eigenvalue weighted by Crippen LogP contribution is -2.43. The smallest absolute Gasteiger partial charge is 0.224 e.